The number of esters is 1. The quantitative estimate of drug-likeness (QED) is 0.723. The first-order chi connectivity index (χ1) is 10.1. The number of carbonyl (C=O) groups is 1. The molecule has 2 aromatic rings. The molecule has 2 aromatic carbocycles. The van der Waals surface area contributed by atoms with Crippen LogP contribution in [0.4, 0.5) is 0 Å². The van der Waals surface area contributed by atoms with E-state index in [1.165, 1.54) is 7.11 Å². The lowest BCUT2D eigenvalue weighted by molar-refractivity contribution is 0.0600. The average Bonchev–Trinajstić information content (AvgIpc) is 2.49. The summed E-state index contributed by atoms with van der Waals surface area (Å²) in [7, 11) is 1.35. The van der Waals surface area contributed by atoms with Crippen LogP contribution >= 0.6 is 27.5 Å². The number of hydrogen-bond donors (Lipinski definition) is 0. The van der Waals surface area contributed by atoms with Crippen LogP contribution in [0.15, 0.2) is 46.9 Å². The number of benzene rings is 2. The SMILES string of the molecule is COC(=O)c1cccc([CH]OCc2ccc(Cl)cc2Br)c1. The molecule has 109 valence electrons. The van der Waals surface area contributed by atoms with Crippen molar-refractivity contribution in [3.8, 4) is 0 Å². The topological polar surface area (TPSA) is 35.5 Å². The van der Waals surface area contributed by atoms with Crippen LogP contribution in [0, 0.1) is 6.61 Å². The molecule has 0 N–H and O–H groups in total. The van der Waals surface area contributed by atoms with Crippen LogP contribution in [0.1, 0.15) is 21.5 Å². The summed E-state index contributed by atoms with van der Waals surface area (Å²) in [4.78, 5) is 11.4. The van der Waals surface area contributed by atoms with Gasteiger partial charge in [0.2, 0.25) is 0 Å². The van der Waals surface area contributed by atoms with E-state index >= 15 is 0 Å². The summed E-state index contributed by atoms with van der Waals surface area (Å²) < 4.78 is 11.1. The third-order valence-corrected chi connectivity index (χ3v) is 3.75. The highest BCUT2D eigenvalue weighted by Gasteiger charge is 2.06. The minimum atomic E-state index is -0.370. The number of hydrogen-bond acceptors (Lipinski definition) is 3. The van der Waals surface area contributed by atoms with Crippen molar-refractivity contribution in [2.24, 2.45) is 0 Å². The molecule has 21 heavy (non-hydrogen) atoms. The lowest BCUT2D eigenvalue weighted by Crippen LogP contribution is -2.02. The smallest absolute Gasteiger partial charge is 0.337 e. The molecular weight excluding hydrogens is 356 g/mol. The lowest BCUT2D eigenvalue weighted by atomic mass is 10.1. The molecule has 1 radical (unpaired) electrons. The molecule has 0 spiro atoms. The average molecular weight is 369 g/mol. The first-order valence-electron chi connectivity index (χ1n) is 6.17. The minimum Gasteiger partial charge on any atom is -0.465 e. The van der Waals surface area contributed by atoms with Crippen LogP contribution in [0.5, 0.6) is 0 Å². The Hall–Kier alpha value is -1.36. The summed E-state index contributed by atoms with van der Waals surface area (Å²) in [5, 5.41) is 0.667. The highest BCUT2D eigenvalue weighted by Crippen LogP contribution is 2.22. The van der Waals surface area contributed by atoms with E-state index in [1.807, 2.05) is 24.3 Å². The first-order valence-corrected chi connectivity index (χ1v) is 7.34. The second-order valence-corrected chi connectivity index (χ2v) is 5.57. The van der Waals surface area contributed by atoms with Crippen molar-refractivity contribution >= 4 is 33.5 Å². The zero-order chi connectivity index (χ0) is 15.2. The normalized spacial score (nSPS) is 10.4. The summed E-state index contributed by atoms with van der Waals surface area (Å²) in [6.45, 7) is 2.01. The van der Waals surface area contributed by atoms with Gasteiger partial charge in [-0.1, -0.05) is 45.7 Å². The van der Waals surface area contributed by atoms with Crippen LogP contribution in [-0.2, 0) is 16.1 Å². The Morgan fingerprint density at radius 2 is 2.10 bits per heavy atom. The molecule has 0 amide bonds. The highest BCUT2D eigenvalue weighted by atomic mass is 79.9. The molecule has 5 heteroatoms. The molecule has 3 nitrogen and oxygen atoms in total. The molecule has 0 bridgehead atoms. The van der Waals surface area contributed by atoms with Gasteiger partial charge in [0.15, 0.2) is 0 Å². The monoisotopic (exact) mass is 367 g/mol. The fourth-order valence-electron chi connectivity index (χ4n) is 1.72. The molecule has 0 aliphatic carbocycles. The molecule has 0 aliphatic rings. The van der Waals surface area contributed by atoms with Crippen LogP contribution < -0.4 is 0 Å². The summed E-state index contributed by atoms with van der Waals surface area (Å²) in [5.74, 6) is -0.370. The molecule has 2 rings (SSSR count). The maximum Gasteiger partial charge on any atom is 0.337 e. The Kier molecular flexibility index (Phi) is 5.79. The van der Waals surface area contributed by atoms with E-state index in [1.54, 1.807) is 24.8 Å². The Balaban J connectivity index is 1.95. The molecule has 0 unspecified atom stereocenters. The number of methoxy groups -OCH3 is 1. The van der Waals surface area contributed by atoms with Crippen molar-refractivity contribution in [2.75, 3.05) is 7.11 Å². The van der Waals surface area contributed by atoms with Crippen molar-refractivity contribution in [3.63, 3.8) is 0 Å². The molecule has 0 aromatic heterocycles. The van der Waals surface area contributed by atoms with Crippen molar-refractivity contribution in [2.45, 2.75) is 6.61 Å². The van der Waals surface area contributed by atoms with E-state index in [0.717, 1.165) is 15.6 Å². The predicted molar refractivity (Wildman–Crippen MR) is 85.1 cm³/mol. The largest absolute Gasteiger partial charge is 0.465 e. The predicted octanol–water partition coefficient (Wildman–Crippen LogP) is 4.62. The second kappa shape index (κ2) is 7.59. The van der Waals surface area contributed by atoms with Crippen molar-refractivity contribution < 1.29 is 14.3 Å². The van der Waals surface area contributed by atoms with Gasteiger partial charge in [-0.3, -0.25) is 0 Å². The molecule has 0 atom stereocenters. The molecule has 0 aliphatic heterocycles. The zero-order valence-corrected chi connectivity index (χ0v) is 13.6. The Bertz CT molecular complexity index is 643. The fourth-order valence-corrected chi connectivity index (χ4v) is 2.52. The van der Waals surface area contributed by atoms with Gasteiger partial charge in [0.1, 0.15) is 6.61 Å². The van der Waals surface area contributed by atoms with E-state index in [4.69, 9.17) is 16.3 Å². The van der Waals surface area contributed by atoms with Gasteiger partial charge in [-0.05, 0) is 35.4 Å². The van der Waals surface area contributed by atoms with Crippen LogP contribution in [0.3, 0.4) is 0 Å². The van der Waals surface area contributed by atoms with Crippen LogP contribution in [0.2, 0.25) is 5.02 Å². The minimum absolute atomic E-state index is 0.370. The fraction of sp³-hybridized carbons (Fsp3) is 0.125. The van der Waals surface area contributed by atoms with E-state index in [-0.39, 0.29) is 5.97 Å². The number of halogens is 2. The van der Waals surface area contributed by atoms with Gasteiger partial charge < -0.3 is 9.47 Å². The van der Waals surface area contributed by atoms with Crippen molar-refractivity contribution in [1.82, 2.24) is 0 Å². The van der Waals surface area contributed by atoms with Gasteiger partial charge >= 0.3 is 5.97 Å². The number of carbonyl (C=O) groups excluding carboxylic acids is 1. The molecule has 0 heterocycles. The van der Waals surface area contributed by atoms with Gasteiger partial charge in [0.05, 0.1) is 19.3 Å². The van der Waals surface area contributed by atoms with Gasteiger partial charge in [0.25, 0.3) is 0 Å². The maximum atomic E-state index is 11.4. The van der Waals surface area contributed by atoms with Gasteiger partial charge in [-0.15, -0.1) is 0 Å². The van der Waals surface area contributed by atoms with E-state index in [9.17, 15) is 4.79 Å². The second-order valence-electron chi connectivity index (χ2n) is 4.28. The first kappa shape index (κ1) is 16.0. The van der Waals surface area contributed by atoms with Crippen LogP contribution in [0.25, 0.3) is 0 Å². The maximum absolute atomic E-state index is 11.4. The Morgan fingerprint density at radius 1 is 1.29 bits per heavy atom. The molecule has 0 saturated heterocycles. The van der Waals surface area contributed by atoms with Crippen molar-refractivity contribution in [3.05, 3.63) is 75.3 Å². The zero-order valence-electron chi connectivity index (χ0n) is 11.3. The summed E-state index contributed by atoms with van der Waals surface area (Å²) in [5.41, 5.74) is 2.27. The van der Waals surface area contributed by atoms with E-state index in [2.05, 4.69) is 20.7 Å². The van der Waals surface area contributed by atoms with E-state index in [0.29, 0.717) is 17.2 Å². The highest BCUT2D eigenvalue weighted by molar-refractivity contribution is 9.10. The standard InChI is InChI=1S/C16H13BrClO3/c1-20-16(19)12-4-2-3-11(7-12)9-21-10-13-5-6-14(18)8-15(13)17/h2-9H,10H2,1H3. The third-order valence-electron chi connectivity index (χ3n) is 2.78. The molecule has 0 fully saturated rings. The summed E-state index contributed by atoms with van der Waals surface area (Å²) in [6.07, 6.45) is 0. The Labute approximate surface area is 137 Å². The number of rotatable bonds is 5. The lowest BCUT2D eigenvalue weighted by Gasteiger charge is -2.07. The van der Waals surface area contributed by atoms with Gasteiger partial charge in [-0.2, -0.15) is 0 Å². The van der Waals surface area contributed by atoms with Gasteiger partial charge in [0, 0.05) is 9.50 Å². The van der Waals surface area contributed by atoms with Crippen LogP contribution in [-0.4, -0.2) is 13.1 Å². The van der Waals surface area contributed by atoms with E-state index < -0.39 is 0 Å². The number of ether oxygens (including phenoxy) is 2. The molecule has 0 saturated carbocycles. The van der Waals surface area contributed by atoms with Crippen molar-refractivity contribution in [1.29, 1.82) is 0 Å². The Morgan fingerprint density at radius 3 is 2.81 bits per heavy atom. The summed E-state index contributed by atoms with van der Waals surface area (Å²) >= 11 is 9.32. The summed E-state index contributed by atoms with van der Waals surface area (Å²) in [6, 6.07) is 12.6. The molecular formula is C16H13BrClO3. The van der Waals surface area contributed by atoms with Gasteiger partial charge in [-0.25, -0.2) is 4.79 Å². The third kappa shape index (κ3) is 4.56.